The predicted molar refractivity (Wildman–Crippen MR) is 68.8 cm³/mol. The molecule has 1 aromatic heterocycles. The Hall–Kier alpha value is -0.560. The van der Waals surface area contributed by atoms with Gasteiger partial charge in [0.25, 0.3) is 0 Å². The molecule has 1 atom stereocenters. The number of aromatic nitrogens is 2. The highest BCUT2D eigenvalue weighted by atomic mass is 32.1. The lowest BCUT2D eigenvalue weighted by Crippen LogP contribution is -2.54. The van der Waals surface area contributed by atoms with Crippen LogP contribution in [0.2, 0.25) is 0 Å². The molecule has 100 valence electrons. The molecule has 3 heterocycles. The Balaban J connectivity index is 1.86. The molecule has 1 spiro atoms. The summed E-state index contributed by atoms with van der Waals surface area (Å²) in [4.78, 5) is 0. The number of morpholine rings is 1. The van der Waals surface area contributed by atoms with Gasteiger partial charge in [0.05, 0.1) is 18.2 Å². The van der Waals surface area contributed by atoms with Crippen LogP contribution < -0.4 is 5.32 Å². The lowest BCUT2D eigenvalue weighted by atomic mass is 9.85. The van der Waals surface area contributed by atoms with E-state index >= 15 is 0 Å². The van der Waals surface area contributed by atoms with Gasteiger partial charge in [-0.1, -0.05) is 18.3 Å². The van der Waals surface area contributed by atoms with Crippen molar-refractivity contribution in [3.05, 3.63) is 10.0 Å². The summed E-state index contributed by atoms with van der Waals surface area (Å²) in [5, 5.41) is 14.3. The zero-order valence-electron chi connectivity index (χ0n) is 10.6. The van der Waals surface area contributed by atoms with Crippen LogP contribution in [0.3, 0.4) is 0 Å². The molecule has 3 rings (SSSR count). The molecule has 18 heavy (non-hydrogen) atoms. The van der Waals surface area contributed by atoms with E-state index < -0.39 is 0 Å². The summed E-state index contributed by atoms with van der Waals surface area (Å²) in [5.74, 6) is 0. The molecule has 0 aromatic carbocycles. The van der Waals surface area contributed by atoms with Crippen LogP contribution in [0.15, 0.2) is 0 Å². The monoisotopic (exact) mass is 269 g/mol. The topological polar surface area (TPSA) is 56.3 Å². The molecular weight excluding hydrogens is 250 g/mol. The molecule has 0 amide bonds. The predicted octanol–water partition coefficient (Wildman–Crippen LogP) is 1.31. The number of nitrogens with zero attached hydrogens (tertiary/aromatic N) is 2. The molecular formula is C12H19N3O2S. The fraction of sp³-hybridized carbons (Fsp3) is 0.833. The highest BCUT2D eigenvalue weighted by molar-refractivity contribution is 7.11. The summed E-state index contributed by atoms with van der Waals surface area (Å²) in [7, 11) is 0. The Morgan fingerprint density at radius 3 is 2.89 bits per heavy atom. The largest absolute Gasteiger partial charge is 0.381 e. The Morgan fingerprint density at radius 1 is 1.33 bits per heavy atom. The molecule has 0 aliphatic carbocycles. The van der Waals surface area contributed by atoms with Crippen molar-refractivity contribution < 1.29 is 9.47 Å². The van der Waals surface area contributed by atoms with Crippen LogP contribution in [0.4, 0.5) is 0 Å². The molecule has 2 aliphatic rings. The molecule has 0 bridgehead atoms. The van der Waals surface area contributed by atoms with Gasteiger partial charge in [-0.25, -0.2) is 0 Å². The highest BCUT2D eigenvalue weighted by Gasteiger charge is 2.45. The number of ether oxygens (including phenoxy) is 2. The molecule has 1 unspecified atom stereocenters. The van der Waals surface area contributed by atoms with Crippen molar-refractivity contribution in [2.75, 3.05) is 26.4 Å². The Kier molecular flexibility index (Phi) is 3.61. The standard InChI is InChI=1S/C12H19N3O2S/c1-2-9-14-15-11(18-9)10-12(17-8-5-13-10)3-6-16-7-4-12/h10,13H,2-8H2,1H3. The van der Waals surface area contributed by atoms with Gasteiger partial charge in [-0.15, -0.1) is 10.2 Å². The SMILES string of the molecule is CCc1nnc(C2NCCOC23CCOCC3)s1. The summed E-state index contributed by atoms with van der Waals surface area (Å²) in [6.07, 6.45) is 2.82. The maximum atomic E-state index is 6.11. The van der Waals surface area contributed by atoms with E-state index in [4.69, 9.17) is 9.47 Å². The van der Waals surface area contributed by atoms with Crippen molar-refractivity contribution >= 4 is 11.3 Å². The fourth-order valence-electron chi connectivity index (χ4n) is 2.72. The summed E-state index contributed by atoms with van der Waals surface area (Å²) >= 11 is 1.70. The zero-order valence-corrected chi connectivity index (χ0v) is 11.5. The average molecular weight is 269 g/mol. The molecule has 1 N–H and O–H groups in total. The first-order valence-corrected chi connectivity index (χ1v) is 7.43. The van der Waals surface area contributed by atoms with Crippen LogP contribution >= 0.6 is 11.3 Å². The van der Waals surface area contributed by atoms with Crippen LogP contribution in [-0.4, -0.2) is 42.2 Å². The minimum atomic E-state index is -0.138. The first-order valence-electron chi connectivity index (χ1n) is 6.61. The second kappa shape index (κ2) is 5.21. The van der Waals surface area contributed by atoms with Gasteiger partial charge in [-0.2, -0.15) is 0 Å². The smallest absolute Gasteiger partial charge is 0.137 e. The molecule has 5 nitrogen and oxygen atoms in total. The van der Waals surface area contributed by atoms with Gasteiger partial charge >= 0.3 is 0 Å². The maximum absolute atomic E-state index is 6.11. The van der Waals surface area contributed by atoms with E-state index in [1.165, 1.54) is 0 Å². The van der Waals surface area contributed by atoms with Crippen LogP contribution in [0.1, 0.15) is 35.8 Å². The number of hydrogen-bond donors (Lipinski definition) is 1. The van der Waals surface area contributed by atoms with Crippen molar-refractivity contribution in [3.63, 3.8) is 0 Å². The van der Waals surface area contributed by atoms with Gasteiger partial charge in [0.2, 0.25) is 0 Å². The van der Waals surface area contributed by atoms with E-state index in [0.717, 1.165) is 55.6 Å². The molecule has 2 saturated heterocycles. The second-order valence-corrected chi connectivity index (χ2v) is 5.89. The van der Waals surface area contributed by atoms with Gasteiger partial charge in [0, 0.05) is 32.6 Å². The minimum Gasteiger partial charge on any atom is -0.381 e. The van der Waals surface area contributed by atoms with Gasteiger partial charge in [-0.05, 0) is 6.42 Å². The third kappa shape index (κ3) is 2.18. The molecule has 0 saturated carbocycles. The Bertz CT molecular complexity index is 396. The van der Waals surface area contributed by atoms with E-state index in [0.29, 0.717) is 0 Å². The van der Waals surface area contributed by atoms with Crippen molar-refractivity contribution in [2.45, 2.75) is 37.8 Å². The number of rotatable bonds is 2. The lowest BCUT2D eigenvalue weighted by Gasteiger charge is -2.45. The van der Waals surface area contributed by atoms with E-state index in [9.17, 15) is 0 Å². The molecule has 2 fully saturated rings. The van der Waals surface area contributed by atoms with Gasteiger partial charge in [0.15, 0.2) is 0 Å². The summed E-state index contributed by atoms with van der Waals surface area (Å²) in [6.45, 7) is 5.32. The molecule has 2 aliphatic heterocycles. The van der Waals surface area contributed by atoms with Crippen molar-refractivity contribution in [3.8, 4) is 0 Å². The van der Waals surface area contributed by atoms with Gasteiger partial charge in [-0.3, -0.25) is 0 Å². The fourth-order valence-corrected chi connectivity index (χ4v) is 3.68. The number of nitrogens with one attached hydrogen (secondary N) is 1. The number of aryl methyl sites for hydroxylation is 1. The van der Waals surface area contributed by atoms with Crippen LogP contribution in [-0.2, 0) is 15.9 Å². The Labute approximate surface area is 111 Å². The summed E-state index contributed by atoms with van der Waals surface area (Å²) in [6, 6.07) is 0.174. The molecule has 0 radical (unpaired) electrons. The lowest BCUT2D eigenvalue weighted by molar-refractivity contribution is -0.149. The van der Waals surface area contributed by atoms with Crippen LogP contribution in [0.5, 0.6) is 0 Å². The van der Waals surface area contributed by atoms with E-state index in [1.54, 1.807) is 11.3 Å². The summed E-state index contributed by atoms with van der Waals surface area (Å²) < 4.78 is 11.6. The Morgan fingerprint density at radius 2 is 2.17 bits per heavy atom. The van der Waals surface area contributed by atoms with E-state index in [1.807, 2.05) is 0 Å². The zero-order chi connectivity index (χ0) is 12.4. The normalized spacial score (nSPS) is 27.5. The van der Waals surface area contributed by atoms with E-state index in [2.05, 4.69) is 22.4 Å². The van der Waals surface area contributed by atoms with Crippen LogP contribution in [0.25, 0.3) is 0 Å². The quantitative estimate of drug-likeness (QED) is 0.877. The molecule has 1 aromatic rings. The van der Waals surface area contributed by atoms with E-state index in [-0.39, 0.29) is 11.6 Å². The maximum Gasteiger partial charge on any atom is 0.137 e. The van der Waals surface area contributed by atoms with Crippen molar-refractivity contribution in [1.82, 2.24) is 15.5 Å². The first-order chi connectivity index (χ1) is 8.84. The van der Waals surface area contributed by atoms with Crippen LogP contribution in [0, 0.1) is 0 Å². The van der Waals surface area contributed by atoms with Crippen molar-refractivity contribution in [2.24, 2.45) is 0 Å². The average Bonchev–Trinajstić information content (AvgIpc) is 2.89. The third-order valence-corrected chi connectivity index (χ3v) is 4.87. The third-order valence-electron chi connectivity index (χ3n) is 3.74. The first kappa shape index (κ1) is 12.5. The minimum absolute atomic E-state index is 0.138. The summed E-state index contributed by atoms with van der Waals surface area (Å²) in [5.41, 5.74) is -0.138. The molecule has 6 heteroatoms. The van der Waals surface area contributed by atoms with Gasteiger partial charge < -0.3 is 14.8 Å². The number of hydrogen-bond acceptors (Lipinski definition) is 6. The van der Waals surface area contributed by atoms with Gasteiger partial charge in [0.1, 0.15) is 10.0 Å². The highest BCUT2D eigenvalue weighted by Crippen LogP contribution is 2.40. The van der Waals surface area contributed by atoms with Crippen molar-refractivity contribution in [1.29, 1.82) is 0 Å². The second-order valence-electron chi connectivity index (χ2n) is 4.80.